The van der Waals surface area contributed by atoms with Crippen LogP contribution in [-0.4, -0.2) is 0 Å². The molecule has 41 heavy (non-hydrogen) atoms. The topological polar surface area (TPSA) is 132 Å². The minimum absolute atomic E-state index is 0.434. The van der Waals surface area contributed by atoms with Gasteiger partial charge in [0.1, 0.15) is 23.0 Å². The summed E-state index contributed by atoms with van der Waals surface area (Å²) < 4.78 is 20.3. The molecule has 0 saturated heterocycles. The molecule has 0 spiro atoms. The molecule has 4 aromatic carbocycles. The summed E-state index contributed by atoms with van der Waals surface area (Å²) in [5, 5.41) is 36.1. The molecular formula is C33H22N4O4. The standard InChI is InChI=1S/C33H22N4O4/c34-20-38-28-10-2-24(3-11-28)32(25-4-12-29(13-5-25)39-21-35)18-1-19-33(32,26-6-14-30(15-7-26)40-22-36)27-8-16-31(17-9-27)41-23-37/h2-17H,1,18-19H2. The van der Waals surface area contributed by atoms with E-state index in [1.165, 1.54) is 0 Å². The Bertz CT molecular complexity index is 1440. The van der Waals surface area contributed by atoms with E-state index in [9.17, 15) is 0 Å². The van der Waals surface area contributed by atoms with E-state index >= 15 is 0 Å². The average Bonchev–Trinajstić information content (AvgIpc) is 3.41. The van der Waals surface area contributed by atoms with Gasteiger partial charge in [-0.05, 0) is 83.6 Å². The van der Waals surface area contributed by atoms with Crippen LogP contribution in [0, 0.1) is 46.1 Å². The molecule has 8 nitrogen and oxygen atoms in total. The van der Waals surface area contributed by atoms with Gasteiger partial charge in [0, 0.05) is 10.8 Å². The highest BCUT2D eigenvalue weighted by Crippen LogP contribution is 2.62. The van der Waals surface area contributed by atoms with Crippen LogP contribution in [0.1, 0.15) is 41.5 Å². The predicted octanol–water partition coefficient (Wildman–Crippen LogP) is 6.58. The summed E-state index contributed by atoms with van der Waals surface area (Å²) in [5.74, 6) is 1.74. The lowest BCUT2D eigenvalue weighted by Gasteiger charge is -2.48. The number of nitrogens with zero attached hydrogens (tertiary/aromatic N) is 4. The van der Waals surface area contributed by atoms with E-state index in [1.54, 1.807) is 73.6 Å². The summed E-state index contributed by atoms with van der Waals surface area (Å²) in [4.78, 5) is 0. The minimum atomic E-state index is -0.626. The van der Waals surface area contributed by atoms with Crippen molar-refractivity contribution in [3.8, 4) is 48.0 Å². The molecule has 0 atom stereocenters. The number of hydrogen-bond acceptors (Lipinski definition) is 8. The highest BCUT2D eigenvalue weighted by molar-refractivity contribution is 5.59. The lowest BCUT2D eigenvalue weighted by atomic mass is 9.53. The maximum atomic E-state index is 9.03. The Morgan fingerprint density at radius 1 is 0.390 bits per heavy atom. The van der Waals surface area contributed by atoms with Crippen LogP contribution >= 0.6 is 0 Å². The van der Waals surface area contributed by atoms with Crippen LogP contribution < -0.4 is 18.9 Å². The third-order valence-electron chi connectivity index (χ3n) is 7.87. The lowest BCUT2D eigenvalue weighted by molar-refractivity contribution is 0.358. The second-order valence-corrected chi connectivity index (χ2v) is 9.54. The van der Waals surface area contributed by atoms with Crippen molar-refractivity contribution in [2.75, 3.05) is 0 Å². The van der Waals surface area contributed by atoms with Crippen LogP contribution in [0.15, 0.2) is 97.1 Å². The smallest absolute Gasteiger partial charge is 0.292 e. The second kappa shape index (κ2) is 11.4. The van der Waals surface area contributed by atoms with Gasteiger partial charge in [0.2, 0.25) is 0 Å². The van der Waals surface area contributed by atoms with E-state index in [-0.39, 0.29) is 0 Å². The highest BCUT2D eigenvalue weighted by atomic mass is 16.5. The van der Waals surface area contributed by atoms with Gasteiger partial charge in [-0.25, -0.2) is 0 Å². The van der Waals surface area contributed by atoms with Crippen molar-refractivity contribution in [1.29, 1.82) is 21.0 Å². The molecule has 0 amide bonds. The maximum Gasteiger partial charge on any atom is 0.292 e. The third kappa shape index (κ3) is 4.61. The Kier molecular flexibility index (Phi) is 7.42. The van der Waals surface area contributed by atoms with Crippen LogP contribution in [0.5, 0.6) is 23.0 Å². The molecule has 0 radical (unpaired) electrons. The molecule has 0 unspecified atom stereocenters. The van der Waals surface area contributed by atoms with Crippen LogP contribution in [0.3, 0.4) is 0 Å². The van der Waals surface area contributed by atoms with Crippen LogP contribution in [-0.2, 0) is 10.8 Å². The van der Waals surface area contributed by atoms with E-state index in [2.05, 4.69) is 0 Å². The van der Waals surface area contributed by atoms with Crippen LogP contribution in [0.25, 0.3) is 0 Å². The van der Waals surface area contributed by atoms with Gasteiger partial charge in [-0.1, -0.05) is 55.0 Å². The fourth-order valence-corrected chi connectivity index (χ4v) is 6.38. The van der Waals surface area contributed by atoms with Gasteiger partial charge < -0.3 is 18.9 Å². The van der Waals surface area contributed by atoms with Crippen molar-refractivity contribution in [2.24, 2.45) is 0 Å². The molecule has 5 rings (SSSR count). The third-order valence-corrected chi connectivity index (χ3v) is 7.87. The SMILES string of the molecule is N#COc1ccc(C2(c3ccc(OC#N)cc3)CCCC2(c2ccc(OC#N)cc2)c2ccc(OC#N)cc2)cc1. The zero-order chi connectivity index (χ0) is 28.7. The lowest BCUT2D eigenvalue weighted by Crippen LogP contribution is -2.47. The van der Waals surface area contributed by atoms with E-state index in [0.29, 0.717) is 23.0 Å². The fourth-order valence-electron chi connectivity index (χ4n) is 6.38. The Balaban J connectivity index is 1.81. The first-order chi connectivity index (χ1) is 20.1. The minimum Gasteiger partial charge on any atom is -0.388 e. The van der Waals surface area contributed by atoms with Gasteiger partial charge in [0.25, 0.3) is 25.0 Å². The summed E-state index contributed by atoms with van der Waals surface area (Å²) in [6.45, 7) is 0. The monoisotopic (exact) mass is 538 g/mol. The van der Waals surface area contributed by atoms with E-state index in [1.807, 2.05) is 48.5 Å². The zero-order valence-corrected chi connectivity index (χ0v) is 21.8. The molecule has 0 aliphatic heterocycles. The van der Waals surface area contributed by atoms with Gasteiger partial charge in [0.05, 0.1) is 0 Å². The van der Waals surface area contributed by atoms with Gasteiger partial charge >= 0.3 is 0 Å². The Labute approximate surface area is 237 Å². The zero-order valence-electron chi connectivity index (χ0n) is 21.8. The van der Waals surface area contributed by atoms with Crippen molar-refractivity contribution in [1.82, 2.24) is 0 Å². The summed E-state index contributed by atoms with van der Waals surface area (Å²) in [6, 6.07) is 30.1. The largest absolute Gasteiger partial charge is 0.388 e. The summed E-state index contributed by atoms with van der Waals surface area (Å²) in [5.41, 5.74) is 2.76. The van der Waals surface area contributed by atoms with E-state index in [0.717, 1.165) is 41.5 Å². The molecule has 198 valence electrons. The van der Waals surface area contributed by atoms with Gasteiger partial charge in [-0.3, -0.25) is 0 Å². The first-order valence-corrected chi connectivity index (χ1v) is 12.8. The van der Waals surface area contributed by atoms with Crippen molar-refractivity contribution in [3.63, 3.8) is 0 Å². The Hall–Kier alpha value is -5.96. The Morgan fingerprint density at radius 2 is 0.610 bits per heavy atom. The molecule has 1 fully saturated rings. The molecule has 0 N–H and O–H groups in total. The predicted molar refractivity (Wildman–Crippen MR) is 146 cm³/mol. The van der Waals surface area contributed by atoms with Gasteiger partial charge in [0.15, 0.2) is 0 Å². The molecule has 8 heteroatoms. The molecule has 1 saturated carbocycles. The number of rotatable bonds is 8. The molecule has 1 aliphatic rings. The number of benzene rings is 4. The number of hydrogen-bond donors (Lipinski definition) is 0. The van der Waals surface area contributed by atoms with Crippen LogP contribution in [0.4, 0.5) is 0 Å². The average molecular weight is 539 g/mol. The summed E-state index contributed by atoms with van der Waals surface area (Å²) >= 11 is 0. The molecular weight excluding hydrogens is 516 g/mol. The molecule has 4 aromatic rings. The second-order valence-electron chi connectivity index (χ2n) is 9.54. The Morgan fingerprint density at radius 3 is 0.805 bits per heavy atom. The summed E-state index contributed by atoms with van der Waals surface area (Å²) in [6.07, 6.45) is 9.31. The van der Waals surface area contributed by atoms with Gasteiger partial charge in [-0.15, -0.1) is 21.0 Å². The van der Waals surface area contributed by atoms with E-state index < -0.39 is 10.8 Å². The first kappa shape index (κ1) is 26.6. The number of nitriles is 4. The molecule has 0 heterocycles. The molecule has 0 aromatic heterocycles. The maximum absolute atomic E-state index is 9.03. The molecule has 0 bridgehead atoms. The van der Waals surface area contributed by atoms with Crippen molar-refractivity contribution in [2.45, 2.75) is 30.1 Å². The summed E-state index contributed by atoms with van der Waals surface area (Å²) in [7, 11) is 0. The van der Waals surface area contributed by atoms with Crippen molar-refractivity contribution >= 4 is 0 Å². The normalized spacial score (nSPS) is 14.3. The quantitative estimate of drug-likeness (QED) is 0.230. The first-order valence-electron chi connectivity index (χ1n) is 12.8. The van der Waals surface area contributed by atoms with Gasteiger partial charge in [-0.2, -0.15) is 0 Å². The van der Waals surface area contributed by atoms with Crippen LogP contribution in [0.2, 0.25) is 0 Å². The van der Waals surface area contributed by atoms with E-state index in [4.69, 9.17) is 40.0 Å². The van der Waals surface area contributed by atoms with Crippen molar-refractivity contribution < 1.29 is 18.9 Å². The highest BCUT2D eigenvalue weighted by Gasteiger charge is 2.58. The molecule has 1 aliphatic carbocycles. The van der Waals surface area contributed by atoms with Crippen molar-refractivity contribution in [3.05, 3.63) is 119 Å². The number of ether oxygens (including phenoxy) is 4. The fraction of sp³-hybridized carbons (Fsp3) is 0.152.